The van der Waals surface area contributed by atoms with Crippen LogP contribution in [-0.2, 0) is 4.79 Å². The Morgan fingerprint density at radius 3 is 2.67 bits per heavy atom. The second-order valence-corrected chi connectivity index (χ2v) is 4.41. The van der Waals surface area contributed by atoms with Crippen LogP contribution in [0.2, 0.25) is 5.02 Å². The molecule has 1 amide bonds. The lowest BCUT2D eigenvalue weighted by molar-refractivity contribution is -0.130. The molecule has 0 aliphatic rings. The van der Waals surface area contributed by atoms with Crippen LogP contribution in [0.15, 0.2) is 18.2 Å². The minimum Gasteiger partial charge on any atom is -0.397 e. The minimum absolute atomic E-state index is 0.146. The Balaban J connectivity index is 2.46. The summed E-state index contributed by atoms with van der Waals surface area (Å²) in [7, 11) is 0. The fraction of sp³-hybridized carbons (Fsp3) is 0.462. The summed E-state index contributed by atoms with van der Waals surface area (Å²) in [6, 6.07) is 5.25. The molecule has 1 aromatic rings. The van der Waals surface area contributed by atoms with Crippen LogP contribution in [-0.4, -0.2) is 30.4 Å². The van der Waals surface area contributed by atoms with E-state index in [1.54, 1.807) is 18.2 Å². The van der Waals surface area contributed by atoms with Crippen LogP contribution in [0.25, 0.3) is 0 Å². The number of hydrogen-bond donors (Lipinski definition) is 2. The molecule has 1 rings (SSSR count). The molecule has 100 valence electrons. The van der Waals surface area contributed by atoms with Gasteiger partial charge in [-0.05, 0) is 32.0 Å². The van der Waals surface area contributed by atoms with E-state index < -0.39 is 0 Å². The Bertz CT molecular complexity index is 405. The molecule has 1 aromatic carbocycles. The summed E-state index contributed by atoms with van der Waals surface area (Å²) in [5, 5.41) is 3.76. The third kappa shape index (κ3) is 4.11. The van der Waals surface area contributed by atoms with E-state index in [1.165, 1.54) is 0 Å². The smallest absolute Gasteiger partial charge is 0.224 e. The van der Waals surface area contributed by atoms with Crippen LogP contribution in [0.4, 0.5) is 11.4 Å². The van der Waals surface area contributed by atoms with E-state index in [0.29, 0.717) is 23.7 Å². The Morgan fingerprint density at radius 2 is 2.06 bits per heavy atom. The van der Waals surface area contributed by atoms with Crippen molar-refractivity contribution in [1.29, 1.82) is 0 Å². The number of rotatable bonds is 6. The molecule has 0 unspecified atom stereocenters. The van der Waals surface area contributed by atoms with Gasteiger partial charge >= 0.3 is 0 Å². The largest absolute Gasteiger partial charge is 0.397 e. The number of carbonyl (C=O) groups excluding carboxylic acids is 1. The molecule has 0 radical (unpaired) electrons. The van der Waals surface area contributed by atoms with Crippen molar-refractivity contribution in [1.82, 2.24) is 4.90 Å². The first-order chi connectivity index (χ1) is 8.58. The van der Waals surface area contributed by atoms with E-state index in [0.717, 1.165) is 18.8 Å². The van der Waals surface area contributed by atoms with Crippen molar-refractivity contribution in [2.24, 2.45) is 0 Å². The van der Waals surface area contributed by atoms with Gasteiger partial charge in [-0.25, -0.2) is 0 Å². The van der Waals surface area contributed by atoms with Gasteiger partial charge in [0, 0.05) is 31.1 Å². The van der Waals surface area contributed by atoms with Crippen molar-refractivity contribution >= 4 is 28.9 Å². The summed E-state index contributed by atoms with van der Waals surface area (Å²) in [5.74, 6) is 0.146. The van der Waals surface area contributed by atoms with Crippen LogP contribution in [0.5, 0.6) is 0 Å². The fourth-order valence-electron chi connectivity index (χ4n) is 1.72. The van der Waals surface area contributed by atoms with Gasteiger partial charge in [-0.1, -0.05) is 11.6 Å². The molecular weight excluding hydrogens is 250 g/mol. The van der Waals surface area contributed by atoms with Crippen molar-refractivity contribution < 1.29 is 4.79 Å². The first kappa shape index (κ1) is 14.6. The van der Waals surface area contributed by atoms with Crippen LogP contribution < -0.4 is 11.1 Å². The summed E-state index contributed by atoms with van der Waals surface area (Å²) < 4.78 is 0. The summed E-state index contributed by atoms with van der Waals surface area (Å²) in [5.41, 5.74) is 7.21. The number of benzene rings is 1. The van der Waals surface area contributed by atoms with E-state index >= 15 is 0 Å². The van der Waals surface area contributed by atoms with Crippen LogP contribution >= 0.6 is 11.6 Å². The third-order valence-corrected chi connectivity index (χ3v) is 3.02. The molecule has 0 heterocycles. The normalized spacial score (nSPS) is 10.2. The van der Waals surface area contributed by atoms with E-state index in [-0.39, 0.29) is 5.91 Å². The molecule has 0 saturated carbocycles. The maximum Gasteiger partial charge on any atom is 0.224 e. The zero-order chi connectivity index (χ0) is 13.5. The van der Waals surface area contributed by atoms with Crippen LogP contribution in [0.3, 0.4) is 0 Å². The molecule has 4 nitrogen and oxygen atoms in total. The molecule has 0 fully saturated rings. The number of nitrogens with one attached hydrogen (secondary N) is 1. The highest BCUT2D eigenvalue weighted by Crippen LogP contribution is 2.22. The summed E-state index contributed by atoms with van der Waals surface area (Å²) >= 11 is 5.88. The number of nitrogens with two attached hydrogens (primary N) is 1. The van der Waals surface area contributed by atoms with Crippen LogP contribution in [0.1, 0.15) is 20.3 Å². The topological polar surface area (TPSA) is 58.4 Å². The minimum atomic E-state index is 0.146. The first-order valence-electron chi connectivity index (χ1n) is 6.15. The van der Waals surface area contributed by atoms with Gasteiger partial charge in [0.2, 0.25) is 5.91 Å². The van der Waals surface area contributed by atoms with Gasteiger partial charge < -0.3 is 16.0 Å². The molecule has 0 spiro atoms. The molecule has 0 aliphatic carbocycles. The molecular formula is C13H20ClN3O. The predicted octanol–water partition coefficient (Wildman–Crippen LogP) is 2.59. The second kappa shape index (κ2) is 7.11. The van der Waals surface area contributed by atoms with Gasteiger partial charge in [-0.2, -0.15) is 0 Å². The van der Waals surface area contributed by atoms with Crippen molar-refractivity contribution in [3.8, 4) is 0 Å². The van der Waals surface area contributed by atoms with Crippen molar-refractivity contribution in [3.05, 3.63) is 23.2 Å². The zero-order valence-electron chi connectivity index (χ0n) is 10.9. The highest BCUT2D eigenvalue weighted by molar-refractivity contribution is 6.31. The Labute approximate surface area is 113 Å². The standard InChI is InChI=1S/C13H20ClN3O/c1-3-17(4-2)13(18)7-8-16-12-9-10(14)5-6-11(12)15/h5-6,9,16H,3-4,7-8,15H2,1-2H3. The van der Waals surface area contributed by atoms with E-state index in [4.69, 9.17) is 17.3 Å². The van der Waals surface area contributed by atoms with Crippen molar-refractivity contribution in [2.45, 2.75) is 20.3 Å². The maximum atomic E-state index is 11.8. The van der Waals surface area contributed by atoms with E-state index in [1.807, 2.05) is 18.7 Å². The van der Waals surface area contributed by atoms with Gasteiger partial charge in [-0.15, -0.1) is 0 Å². The highest BCUT2D eigenvalue weighted by atomic mass is 35.5. The lowest BCUT2D eigenvalue weighted by Crippen LogP contribution is -2.31. The highest BCUT2D eigenvalue weighted by Gasteiger charge is 2.09. The number of amides is 1. The molecule has 0 bridgehead atoms. The zero-order valence-corrected chi connectivity index (χ0v) is 11.6. The number of carbonyl (C=O) groups is 1. The Hall–Kier alpha value is -1.42. The number of nitrogen functional groups attached to an aromatic ring is 1. The van der Waals surface area contributed by atoms with Crippen molar-refractivity contribution in [3.63, 3.8) is 0 Å². The second-order valence-electron chi connectivity index (χ2n) is 3.97. The summed E-state index contributed by atoms with van der Waals surface area (Å²) in [6.07, 6.45) is 0.452. The molecule has 0 aromatic heterocycles. The average molecular weight is 270 g/mol. The number of halogens is 1. The van der Waals surface area contributed by atoms with Gasteiger partial charge in [0.25, 0.3) is 0 Å². The number of anilines is 2. The van der Waals surface area contributed by atoms with Gasteiger partial charge in [-0.3, -0.25) is 4.79 Å². The molecule has 3 N–H and O–H groups in total. The lowest BCUT2D eigenvalue weighted by atomic mass is 10.2. The first-order valence-corrected chi connectivity index (χ1v) is 6.53. The SMILES string of the molecule is CCN(CC)C(=O)CCNc1cc(Cl)ccc1N. The fourth-order valence-corrected chi connectivity index (χ4v) is 1.89. The molecule has 0 saturated heterocycles. The third-order valence-electron chi connectivity index (χ3n) is 2.79. The quantitative estimate of drug-likeness (QED) is 0.781. The summed E-state index contributed by atoms with van der Waals surface area (Å²) in [4.78, 5) is 13.6. The van der Waals surface area contributed by atoms with Gasteiger partial charge in [0.05, 0.1) is 11.4 Å². The Kier molecular flexibility index (Phi) is 5.78. The average Bonchev–Trinajstić information content (AvgIpc) is 2.35. The van der Waals surface area contributed by atoms with Gasteiger partial charge in [0.1, 0.15) is 0 Å². The molecule has 18 heavy (non-hydrogen) atoms. The number of nitrogens with zero attached hydrogens (tertiary/aromatic N) is 1. The van der Waals surface area contributed by atoms with Crippen molar-refractivity contribution in [2.75, 3.05) is 30.7 Å². The molecule has 0 aliphatic heterocycles. The molecule has 0 atom stereocenters. The summed E-state index contributed by atoms with van der Waals surface area (Å²) in [6.45, 7) is 6.00. The van der Waals surface area contributed by atoms with E-state index in [9.17, 15) is 4.79 Å². The lowest BCUT2D eigenvalue weighted by Gasteiger charge is -2.19. The maximum absolute atomic E-state index is 11.8. The monoisotopic (exact) mass is 269 g/mol. The van der Waals surface area contributed by atoms with Crippen LogP contribution in [0, 0.1) is 0 Å². The molecule has 5 heteroatoms. The Morgan fingerprint density at radius 1 is 1.39 bits per heavy atom. The number of hydrogen-bond acceptors (Lipinski definition) is 3. The predicted molar refractivity (Wildman–Crippen MR) is 76.9 cm³/mol. The van der Waals surface area contributed by atoms with E-state index in [2.05, 4.69) is 5.32 Å². The van der Waals surface area contributed by atoms with Gasteiger partial charge in [0.15, 0.2) is 0 Å².